The van der Waals surface area contributed by atoms with Gasteiger partial charge in [-0.05, 0) is 37.6 Å². The third kappa shape index (κ3) is 5.38. The summed E-state index contributed by atoms with van der Waals surface area (Å²) in [5.74, 6) is 0.592. The molecule has 0 fully saturated rings. The van der Waals surface area contributed by atoms with E-state index in [1.54, 1.807) is 13.2 Å². The number of benzene rings is 2. The van der Waals surface area contributed by atoms with Gasteiger partial charge in [0.05, 0.1) is 28.3 Å². The van der Waals surface area contributed by atoms with Crippen LogP contribution in [0.5, 0.6) is 5.75 Å². The molecular formula is C21H26N4O4S2. The Morgan fingerprint density at radius 1 is 1.29 bits per heavy atom. The molecule has 8 nitrogen and oxygen atoms in total. The number of nitrogens with two attached hydrogens (primary N) is 1. The van der Waals surface area contributed by atoms with Gasteiger partial charge in [-0.15, -0.1) is 0 Å². The van der Waals surface area contributed by atoms with Gasteiger partial charge in [0.2, 0.25) is 15.9 Å². The highest BCUT2D eigenvalue weighted by Crippen LogP contribution is 2.29. The Kier molecular flexibility index (Phi) is 7.24. The summed E-state index contributed by atoms with van der Waals surface area (Å²) >= 11 is 1.33. The first kappa shape index (κ1) is 23.1. The summed E-state index contributed by atoms with van der Waals surface area (Å²) < 4.78 is 30.7. The van der Waals surface area contributed by atoms with Crippen LogP contribution in [0.2, 0.25) is 0 Å². The normalized spacial score (nSPS) is 12.6. The van der Waals surface area contributed by atoms with Gasteiger partial charge in [-0.1, -0.05) is 36.9 Å². The molecule has 0 radical (unpaired) electrons. The van der Waals surface area contributed by atoms with E-state index in [0.717, 1.165) is 23.3 Å². The molecule has 0 bridgehead atoms. The number of hydrogen-bond donors (Lipinski definition) is 2. The molecule has 1 atom stereocenters. The highest BCUT2D eigenvalue weighted by molar-refractivity contribution is 8.00. The molecule has 1 amide bonds. The number of aryl methyl sites for hydroxylation is 1. The molecule has 0 aliphatic heterocycles. The molecule has 0 saturated carbocycles. The van der Waals surface area contributed by atoms with Crippen LogP contribution in [-0.2, 0) is 27.9 Å². The van der Waals surface area contributed by atoms with Crippen molar-refractivity contribution in [1.29, 1.82) is 0 Å². The van der Waals surface area contributed by atoms with E-state index >= 15 is 0 Å². The van der Waals surface area contributed by atoms with Crippen LogP contribution in [-0.4, -0.2) is 36.2 Å². The van der Waals surface area contributed by atoms with Gasteiger partial charge in [0, 0.05) is 18.7 Å². The van der Waals surface area contributed by atoms with Gasteiger partial charge >= 0.3 is 0 Å². The summed E-state index contributed by atoms with van der Waals surface area (Å²) in [6, 6.07) is 12.2. The van der Waals surface area contributed by atoms with Gasteiger partial charge in [-0.2, -0.15) is 0 Å². The van der Waals surface area contributed by atoms with Crippen molar-refractivity contribution < 1.29 is 17.9 Å². The molecule has 0 saturated heterocycles. The molecule has 0 aliphatic rings. The maximum Gasteiger partial charge on any atom is 0.238 e. The Bertz CT molecular complexity index is 1190. The number of nitrogens with one attached hydrogen (secondary N) is 1. The summed E-state index contributed by atoms with van der Waals surface area (Å²) in [6.45, 7) is 4.91. The minimum Gasteiger partial charge on any atom is -0.496 e. The van der Waals surface area contributed by atoms with Crippen LogP contribution in [0.15, 0.2) is 52.5 Å². The van der Waals surface area contributed by atoms with Crippen molar-refractivity contribution >= 4 is 38.7 Å². The average Bonchev–Trinajstić information content (AvgIpc) is 3.08. The quantitative estimate of drug-likeness (QED) is 0.472. The molecule has 0 spiro atoms. The number of imidazole rings is 1. The van der Waals surface area contributed by atoms with Gasteiger partial charge in [0.1, 0.15) is 5.75 Å². The monoisotopic (exact) mass is 462 g/mol. The molecule has 10 heteroatoms. The molecule has 1 unspecified atom stereocenters. The van der Waals surface area contributed by atoms with Crippen molar-refractivity contribution in [3.05, 3.63) is 48.0 Å². The fraction of sp³-hybridized carbons (Fsp3) is 0.333. The Morgan fingerprint density at radius 2 is 2.03 bits per heavy atom. The van der Waals surface area contributed by atoms with Crippen molar-refractivity contribution in [2.24, 2.45) is 5.14 Å². The van der Waals surface area contributed by atoms with Crippen molar-refractivity contribution in [3.63, 3.8) is 0 Å². The van der Waals surface area contributed by atoms with Crippen molar-refractivity contribution in [3.8, 4) is 5.75 Å². The molecule has 31 heavy (non-hydrogen) atoms. The molecule has 3 N–H and O–H groups in total. The number of amides is 1. The number of carbonyl (C=O) groups is 1. The van der Waals surface area contributed by atoms with Gasteiger partial charge in [-0.25, -0.2) is 18.5 Å². The largest absolute Gasteiger partial charge is 0.496 e. The fourth-order valence-corrected chi connectivity index (χ4v) is 4.69. The standard InChI is InChI=1S/C21H26N4O4S2/c1-4-11-25-18-10-9-16(31(22,27)28)12-17(18)24-21(25)30-14(2)20(26)23-13-15-7-5-6-8-19(15)29-3/h5-10,12,14H,4,11,13H2,1-3H3,(H,23,26)(H2,22,27,28). The highest BCUT2D eigenvalue weighted by Gasteiger charge is 2.20. The number of hydrogen-bond acceptors (Lipinski definition) is 6. The maximum atomic E-state index is 12.7. The van der Waals surface area contributed by atoms with Crippen LogP contribution in [0.3, 0.4) is 0 Å². The summed E-state index contributed by atoms with van der Waals surface area (Å²) in [5.41, 5.74) is 2.23. The zero-order valence-corrected chi connectivity index (χ0v) is 19.3. The third-order valence-electron chi connectivity index (χ3n) is 4.76. The Morgan fingerprint density at radius 3 is 2.71 bits per heavy atom. The molecule has 166 valence electrons. The number of methoxy groups -OCH3 is 1. The van der Waals surface area contributed by atoms with Crippen LogP contribution < -0.4 is 15.2 Å². The first-order chi connectivity index (χ1) is 14.7. The number of ether oxygens (including phenoxy) is 1. The second-order valence-electron chi connectivity index (χ2n) is 7.03. The lowest BCUT2D eigenvalue weighted by Gasteiger charge is -2.14. The zero-order valence-electron chi connectivity index (χ0n) is 17.7. The number of fused-ring (bicyclic) bond motifs is 1. The molecule has 0 aliphatic carbocycles. The predicted molar refractivity (Wildman–Crippen MR) is 122 cm³/mol. The van der Waals surface area contributed by atoms with Crippen LogP contribution in [0.25, 0.3) is 11.0 Å². The molecular weight excluding hydrogens is 436 g/mol. The number of nitrogens with zero attached hydrogens (tertiary/aromatic N) is 2. The van der Waals surface area contributed by atoms with Crippen LogP contribution in [0.1, 0.15) is 25.8 Å². The Hall–Kier alpha value is -2.56. The van der Waals surface area contributed by atoms with E-state index < -0.39 is 15.3 Å². The second-order valence-corrected chi connectivity index (χ2v) is 9.90. The smallest absolute Gasteiger partial charge is 0.238 e. The minimum absolute atomic E-state index is 0.0142. The van der Waals surface area contributed by atoms with Crippen molar-refractivity contribution in [2.75, 3.05) is 7.11 Å². The summed E-state index contributed by atoms with van der Waals surface area (Å²) in [4.78, 5) is 17.3. The summed E-state index contributed by atoms with van der Waals surface area (Å²) in [5, 5.41) is 8.43. The molecule has 3 rings (SSSR count). The van der Waals surface area contributed by atoms with E-state index in [0.29, 0.717) is 23.8 Å². The summed E-state index contributed by atoms with van der Waals surface area (Å²) in [6.07, 6.45) is 0.865. The summed E-state index contributed by atoms with van der Waals surface area (Å²) in [7, 11) is -2.22. The molecule has 1 heterocycles. The number of aromatic nitrogens is 2. The van der Waals surface area contributed by atoms with Crippen LogP contribution in [0.4, 0.5) is 0 Å². The predicted octanol–water partition coefficient (Wildman–Crippen LogP) is 2.90. The highest BCUT2D eigenvalue weighted by atomic mass is 32.2. The van der Waals surface area contributed by atoms with Gasteiger partial charge < -0.3 is 14.6 Å². The first-order valence-corrected chi connectivity index (χ1v) is 12.3. The second kappa shape index (κ2) is 9.71. The van der Waals surface area contributed by atoms with Crippen molar-refractivity contribution in [2.45, 2.75) is 48.7 Å². The third-order valence-corrected chi connectivity index (χ3v) is 6.76. The zero-order chi connectivity index (χ0) is 22.6. The number of rotatable bonds is 9. The molecule has 3 aromatic rings. The number of sulfonamides is 1. The van der Waals surface area contributed by atoms with Crippen LogP contribution >= 0.6 is 11.8 Å². The number of carbonyl (C=O) groups excluding carboxylic acids is 1. The van der Waals surface area contributed by atoms with Gasteiger partial charge in [0.15, 0.2) is 5.16 Å². The van der Waals surface area contributed by atoms with E-state index in [2.05, 4.69) is 10.3 Å². The average molecular weight is 463 g/mol. The SMILES string of the molecule is CCCn1c(SC(C)C(=O)NCc2ccccc2OC)nc2cc(S(N)(=O)=O)ccc21. The van der Waals surface area contributed by atoms with E-state index in [4.69, 9.17) is 9.88 Å². The van der Waals surface area contributed by atoms with Crippen molar-refractivity contribution in [1.82, 2.24) is 14.9 Å². The molecule has 1 aromatic heterocycles. The van der Waals surface area contributed by atoms with Gasteiger partial charge in [0.25, 0.3) is 0 Å². The van der Waals surface area contributed by atoms with E-state index in [-0.39, 0.29) is 10.8 Å². The van der Waals surface area contributed by atoms with E-state index in [1.165, 1.54) is 23.9 Å². The van der Waals surface area contributed by atoms with Gasteiger partial charge in [-0.3, -0.25) is 4.79 Å². The van der Waals surface area contributed by atoms with E-state index in [9.17, 15) is 13.2 Å². The number of thioether (sulfide) groups is 1. The lowest BCUT2D eigenvalue weighted by atomic mass is 10.2. The maximum absolute atomic E-state index is 12.7. The minimum atomic E-state index is -3.82. The topological polar surface area (TPSA) is 116 Å². The lowest BCUT2D eigenvalue weighted by molar-refractivity contribution is -0.120. The van der Waals surface area contributed by atoms with Crippen LogP contribution in [0, 0.1) is 0 Å². The Balaban J connectivity index is 1.79. The fourth-order valence-electron chi connectivity index (χ4n) is 3.18. The lowest BCUT2D eigenvalue weighted by Crippen LogP contribution is -2.30. The Labute approximate surface area is 186 Å². The number of para-hydroxylation sites is 1. The van der Waals surface area contributed by atoms with E-state index in [1.807, 2.05) is 42.7 Å². The molecule has 2 aromatic carbocycles. The first-order valence-electron chi connectivity index (χ1n) is 9.84. The number of primary sulfonamides is 1.